The van der Waals surface area contributed by atoms with Crippen molar-refractivity contribution in [2.24, 2.45) is 0 Å². The predicted molar refractivity (Wildman–Crippen MR) is 151 cm³/mol. The van der Waals surface area contributed by atoms with Gasteiger partial charge in [0.25, 0.3) is 5.78 Å². The van der Waals surface area contributed by atoms with Gasteiger partial charge in [-0.25, -0.2) is 9.78 Å². The fourth-order valence-electron chi connectivity index (χ4n) is 4.66. The minimum Gasteiger partial charge on any atom is -0.507 e. The van der Waals surface area contributed by atoms with Gasteiger partial charge in [0, 0.05) is 5.56 Å². The smallest absolute Gasteiger partial charge is 0.350 e. The summed E-state index contributed by atoms with van der Waals surface area (Å²) in [5.74, 6) is -1.41. The molecule has 0 spiro atoms. The molecule has 2 aromatic carbocycles. The van der Waals surface area contributed by atoms with Crippen LogP contribution in [-0.4, -0.2) is 62.8 Å². The van der Waals surface area contributed by atoms with Crippen molar-refractivity contribution in [2.45, 2.75) is 26.8 Å². The molecule has 41 heavy (non-hydrogen) atoms. The van der Waals surface area contributed by atoms with Crippen molar-refractivity contribution < 1.29 is 43.2 Å². The first-order chi connectivity index (χ1) is 19.6. The maximum Gasteiger partial charge on any atom is 0.350 e. The lowest BCUT2D eigenvalue weighted by atomic mass is 9.94. The van der Waals surface area contributed by atoms with E-state index in [-0.39, 0.29) is 33.7 Å². The van der Waals surface area contributed by atoms with Crippen molar-refractivity contribution in [1.82, 2.24) is 4.98 Å². The number of hydrogen-bond donors (Lipinski definition) is 1. The van der Waals surface area contributed by atoms with Gasteiger partial charge >= 0.3 is 11.9 Å². The monoisotopic (exact) mass is 582 g/mol. The third-order valence-corrected chi connectivity index (χ3v) is 7.70. The Kier molecular flexibility index (Phi) is 8.52. The van der Waals surface area contributed by atoms with Crippen molar-refractivity contribution in [3.05, 3.63) is 63.2 Å². The average Bonchev–Trinajstić information content (AvgIpc) is 3.47. The molecule has 1 saturated heterocycles. The predicted octanol–water partition coefficient (Wildman–Crippen LogP) is 4.60. The normalized spacial score (nSPS) is 16.1. The summed E-state index contributed by atoms with van der Waals surface area (Å²) in [6.45, 7) is 5.24. The fraction of sp³-hybridized carbons (Fsp3) is 0.310. The molecule has 4 rings (SSSR count). The first-order valence-electron chi connectivity index (χ1n) is 12.5. The van der Waals surface area contributed by atoms with Crippen LogP contribution >= 0.6 is 11.3 Å². The second-order valence-corrected chi connectivity index (χ2v) is 9.92. The Morgan fingerprint density at radius 2 is 1.61 bits per heavy atom. The van der Waals surface area contributed by atoms with Gasteiger partial charge < -0.3 is 28.8 Å². The number of rotatable bonds is 9. The SMILES string of the molecule is CCOC(=O)c1sc(N2C(=O)C(=O)C(=C(O)c3ccc(OC)c(C)c3)[C@H]2c2cc(OC)c(OC)c(OC)c2)nc1C. The number of ether oxygens (including phenoxy) is 5. The number of ketones is 1. The third kappa shape index (κ3) is 5.18. The van der Waals surface area contributed by atoms with E-state index in [4.69, 9.17) is 23.7 Å². The van der Waals surface area contributed by atoms with Gasteiger partial charge in [-0.15, -0.1) is 0 Å². The zero-order chi connectivity index (χ0) is 30.0. The summed E-state index contributed by atoms with van der Waals surface area (Å²) >= 11 is 0.913. The van der Waals surface area contributed by atoms with E-state index in [0.29, 0.717) is 33.9 Å². The van der Waals surface area contributed by atoms with Crippen LogP contribution in [0.1, 0.15) is 45.0 Å². The number of aliphatic hydroxyl groups excluding tert-OH is 1. The molecule has 0 aliphatic carbocycles. The second kappa shape index (κ2) is 11.9. The van der Waals surface area contributed by atoms with E-state index in [1.165, 1.54) is 28.4 Å². The van der Waals surface area contributed by atoms with Crippen LogP contribution in [0.15, 0.2) is 35.9 Å². The number of amides is 1. The average molecular weight is 583 g/mol. The van der Waals surface area contributed by atoms with E-state index in [2.05, 4.69) is 4.98 Å². The quantitative estimate of drug-likeness (QED) is 0.165. The van der Waals surface area contributed by atoms with Crippen LogP contribution in [0.3, 0.4) is 0 Å². The van der Waals surface area contributed by atoms with Gasteiger partial charge in [-0.1, -0.05) is 11.3 Å². The number of methoxy groups -OCH3 is 4. The molecular formula is C29H30N2O9S. The van der Waals surface area contributed by atoms with E-state index in [9.17, 15) is 19.5 Å². The van der Waals surface area contributed by atoms with Crippen LogP contribution in [0, 0.1) is 13.8 Å². The van der Waals surface area contributed by atoms with Crippen molar-refractivity contribution in [3.63, 3.8) is 0 Å². The van der Waals surface area contributed by atoms with Crippen molar-refractivity contribution in [2.75, 3.05) is 39.9 Å². The van der Waals surface area contributed by atoms with E-state index < -0.39 is 29.5 Å². The molecule has 12 heteroatoms. The summed E-state index contributed by atoms with van der Waals surface area (Å²) in [7, 11) is 5.85. The Bertz CT molecular complexity index is 1530. The maximum absolute atomic E-state index is 13.6. The number of esters is 1. The van der Waals surface area contributed by atoms with Gasteiger partial charge in [0.05, 0.1) is 52.4 Å². The number of aromatic nitrogens is 1. The fourth-order valence-corrected chi connectivity index (χ4v) is 5.64. The number of thiazole rings is 1. The van der Waals surface area contributed by atoms with E-state index >= 15 is 0 Å². The molecule has 1 N–H and O–H groups in total. The number of nitrogens with zero attached hydrogens (tertiary/aromatic N) is 2. The molecular weight excluding hydrogens is 552 g/mol. The van der Waals surface area contributed by atoms with Crippen LogP contribution in [0.2, 0.25) is 0 Å². The van der Waals surface area contributed by atoms with Gasteiger partial charge in [-0.05, 0) is 62.2 Å². The van der Waals surface area contributed by atoms with Crippen LogP contribution < -0.4 is 23.8 Å². The first kappa shape index (κ1) is 29.4. The third-order valence-electron chi connectivity index (χ3n) is 6.57. The number of aryl methyl sites for hydroxylation is 2. The molecule has 0 bridgehead atoms. The summed E-state index contributed by atoms with van der Waals surface area (Å²) in [5, 5.41) is 11.6. The van der Waals surface area contributed by atoms with E-state index in [1.54, 1.807) is 51.1 Å². The van der Waals surface area contributed by atoms with Gasteiger partial charge in [0.2, 0.25) is 5.75 Å². The lowest BCUT2D eigenvalue weighted by Gasteiger charge is -2.24. The minimum atomic E-state index is -1.16. The molecule has 1 atom stereocenters. The number of carbonyl (C=O) groups is 3. The van der Waals surface area contributed by atoms with Crippen LogP contribution in [0.5, 0.6) is 23.0 Å². The highest BCUT2D eigenvalue weighted by molar-refractivity contribution is 7.17. The Balaban J connectivity index is 2.00. The minimum absolute atomic E-state index is 0.0800. The van der Waals surface area contributed by atoms with E-state index in [0.717, 1.165) is 16.2 Å². The van der Waals surface area contributed by atoms with Gasteiger partial charge in [0.1, 0.15) is 16.4 Å². The Labute approximate surface area is 240 Å². The topological polar surface area (TPSA) is 134 Å². The number of hydrogen-bond acceptors (Lipinski definition) is 11. The molecule has 3 aromatic rings. The number of benzene rings is 2. The molecule has 11 nitrogen and oxygen atoms in total. The Morgan fingerprint density at radius 1 is 0.976 bits per heavy atom. The molecule has 216 valence electrons. The highest BCUT2D eigenvalue weighted by Crippen LogP contribution is 2.48. The summed E-state index contributed by atoms with van der Waals surface area (Å²) in [6.07, 6.45) is 0. The van der Waals surface area contributed by atoms with Crippen LogP contribution in [0.4, 0.5) is 5.13 Å². The van der Waals surface area contributed by atoms with Gasteiger partial charge in [-0.3, -0.25) is 14.5 Å². The molecule has 1 aliphatic rings. The number of anilines is 1. The van der Waals surface area contributed by atoms with Crippen LogP contribution in [0.25, 0.3) is 5.76 Å². The van der Waals surface area contributed by atoms with Gasteiger partial charge in [-0.2, -0.15) is 0 Å². The Morgan fingerprint density at radius 3 is 2.15 bits per heavy atom. The van der Waals surface area contributed by atoms with Crippen molar-refractivity contribution in [1.29, 1.82) is 0 Å². The first-order valence-corrected chi connectivity index (χ1v) is 13.3. The zero-order valence-electron chi connectivity index (χ0n) is 23.7. The summed E-state index contributed by atoms with van der Waals surface area (Å²) < 4.78 is 26.9. The Hall–Kier alpha value is -4.58. The number of aliphatic hydroxyl groups is 1. The molecule has 1 aliphatic heterocycles. The second-order valence-electron chi connectivity index (χ2n) is 8.94. The standard InChI is InChI=1S/C29H30N2O9S/c1-8-40-28(35)26-15(3)30-29(41-26)31-22(17-12-19(37-5)25(39-7)20(13-17)38-6)21(24(33)27(31)34)23(32)16-9-10-18(36-4)14(2)11-16/h9-13,22,32H,8H2,1-7H3/t22-/m1/s1. The molecule has 0 radical (unpaired) electrons. The molecule has 1 amide bonds. The largest absolute Gasteiger partial charge is 0.507 e. The van der Waals surface area contributed by atoms with Crippen molar-refractivity contribution in [3.8, 4) is 23.0 Å². The molecule has 1 fully saturated rings. The maximum atomic E-state index is 13.6. The molecule has 2 heterocycles. The van der Waals surface area contributed by atoms with E-state index in [1.807, 2.05) is 0 Å². The highest BCUT2D eigenvalue weighted by Gasteiger charge is 2.49. The number of carbonyl (C=O) groups excluding carboxylic acids is 3. The molecule has 1 aromatic heterocycles. The lowest BCUT2D eigenvalue weighted by Crippen LogP contribution is -2.29. The highest BCUT2D eigenvalue weighted by atomic mass is 32.1. The summed E-state index contributed by atoms with van der Waals surface area (Å²) in [5.41, 5.74) is 1.54. The summed E-state index contributed by atoms with van der Waals surface area (Å²) in [6, 6.07) is 6.92. The zero-order valence-corrected chi connectivity index (χ0v) is 24.5. The molecule has 0 saturated carbocycles. The van der Waals surface area contributed by atoms with Crippen LogP contribution in [-0.2, 0) is 14.3 Å². The molecule has 0 unspecified atom stereocenters. The van der Waals surface area contributed by atoms with Gasteiger partial charge in [0.15, 0.2) is 16.6 Å². The van der Waals surface area contributed by atoms with Crippen molar-refractivity contribution >= 4 is 39.9 Å². The number of Topliss-reactive ketones (excluding diaryl/α,β-unsaturated/α-hetero) is 1. The lowest BCUT2D eigenvalue weighted by molar-refractivity contribution is -0.132. The summed E-state index contributed by atoms with van der Waals surface area (Å²) in [4.78, 5) is 45.6.